The van der Waals surface area contributed by atoms with E-state index < -0.39 is 42.7 Å². The third-order valence-electron chi connectivity index (χ3n) is 5.50. The minimum atomic E-state index is -2.09. The molecule has 1 saturated carbocycles. The van der Waals surface area contributed by atoms with Gasteiger partial charge in [-0.15, -0.1) is 0 Å². The minimum Gasteiger partial charge on any atom is -0.379 e. The van der Waals surface area contributed by atoms with Crippen molar-refractivity contribution in [3.8, 4) is 0 Å². The number of hydroxylamine groups is 1. The van der Waals surface area contributed by atoms with Gasteiger partial charge < -0.3 is 10.4 Å². The summed E-state index contributed by atoms with van der Waals surface area (Å²) < 4.78 is 40.7. The molecule has 11 heteroatoms. The Hall–Kier alpha value is -1.43. The number of nitrogens with one attached hydrogen (secondary N) is 4. The van der Waals surface area contributed by atoms with Gasteiger partial charge in [-0.05, 0) is 44.9 Å². The van der Waals surface area contributed by atoms with Gasteiger partial charge in [0.25, 0.3) is 5.91 Å². The van der Waals surface area contributed by atoms with Gasteiger partial charge in [0.2, 0.25) is 0 Å². The maximum absolute atomic E-state index is 13.7. The van der Waals surface area contributed by atoms with Crippen molar-refractivity contribution in [1.29, 1.82) is 0 Å². The molecule has 0 aromatic heterocycles. The second kappa shape index (κ2) is 10.1. The first-order valence-corrected chi connectivity index (χ1v) is 10.2. The number of amides is 1. The predicted octanol–water partition coefficient (Wildman–Crippen LogP) is 0.573. The molecule has 2 saturated heterocycles. The van der Waals surface area contributed by atoms with Crippen molar-refractivity contribution in [2.24, 2.45) is 10.9 Å². The van der Waals surface area contributed by atoms with Crippen LogP contribution in [-0.4, -0.2) is 66.6 Å². The summed E-state index contributed by atoms with van der Waals surface area (Å²) in [5, 5.41) is 18.4. The first-order valence-electron chi connectivity index (χ1n) is 10.2. The zero-order chi connectivity index (χ0) is 21.0. The van der Waals surface area contributed by atoms with Gasteiger partial charge in [-0.3, -0.25) is 25.3 Å². The standard InChI is InChI=1S/C18H30F3N5O3/c1-9-5-13(29-26-9)17(28)25-18(24-14-3-2-4-15(27)23-14)22-8-10-6-11(19)16(21)12(20)7-10/h9-16,23,26-27H,2-8H2,1H3,(H2,22,24,25,28). The molecule has 0 spiro atoms. The Labute approximate surface area is 168 Å². The molecule has 3 fully saturated rings. The first kappa shape index (κ1) is 22.3. The molecule has 6 unspecified atom stereocenters. The van der Waals surface area contributed by atoms with Gasteiger partial charge in [0.1, 0.15) is 18.6 Å². The fourth-order valence-electron chi connectivity index (χ4n) is 3.88. The highest BCUT2D eigenvalue weighted by molar-refractivity contribution is 5.99. The number of aliphatic imine (C=N–C) groups is 1. The van der Waals surface area contributed by atoms with Gasteiger partial charge in [-0.25, -0.2) is 13.2 Å². The summed E-state index contributed by atoms with van der Waals surface area (Å²) >= 11 is 0. The molecule has 0 radical (unpaired) electrons. The topological polar surface area (TPSA) is 107 Å². The summed E-state index contributed by atoms with van der Waals surface area (Å²) in [6.45, 7) is 1.93. The number of guanidine groups is 1. The van der Waals surface area contributed by atoms with E-state index >= 15 is 0 Å². The lowest BCUT2D eigenvalue weighted by Gasteiger charge is -2.31. The van der Waals surface area contributed by atoms with Crippen molar-refractivity contribution in [2.45, 2.75) is 88.5 Å². The van der Waals surface area contributed by atoms with Crippen LogP contribution in [0.25, 0.3) is 0 Å². The van der Waals surface area contributed by atoms with Crippen LogP contribution in [0, 0.1) is 5.92 Å². The van der Waals surface area contributed by atoms with Gasteiger partial charge in [-0.1, -0.05) is 0 Å². The fourth-order valence-corrected chi connectivity index (χ4v) is 3.88. The van der Waals surface area contributed by atoms with Crippen LogP contribution in [0.2, 0.25) is 0 Å². The molecular formula is C18H30F3N5O3. The van der Waals surface area contributed by atoms with Crippen LogP contribution >= 0.6 is 0 Å². The number of rotatable bonds is 4. The van der Waals surface area contributed by atoms with E-state index in [1.54, 1.807) is 0 Å². The Balaban J connectivity index is 1.62. The summed E-state index contributed by atoms with van der Waals surface area (Å²) in [6, 6.07) is 0.0353. The molecule has 2 heterocycles. The van der Waals surface area contributed by atoms with Gasteiger partial charge in [-0.2, -0.15) is 5.48 Å². The number of piperidine rings is 1. The van der Waals surface area contributed by atoms with E-state index in [1.807, 2.05) is 6.92 Å². The van der Waals surface area contributed by atoms with Gasteiger partial charge >= 0.3 is 0 Å². The molecule has 0 aromatic rings. The average Bonchev–Trinajstić information content (AvgIpc) is 3.10. The van der Waals surface area contributed by atoms with Crippen molar-refractivity contribution in [3.05, 3.63) is 0 Å². The summed E-state index contributed by atoms with van der Waals surface area (Å²) in [5.41, 5.74) is 2.72. The van der Waals surface area contributed by atoms with Gasteiger partial charge in [0, 0.05) is 19.0 Å². The molecule has 29 heavy (non-hydrogen) atoms. The maximum Gasteiger partial charge on any atom is 0.257 e. The molecule has 2 aliphatic heterocycles. The van der Waals surface area contributed by atoms with Crippen LogP contribution < -0.4 is 21.4 Å². The van der Waals surface area contributed by atoms with Crippen molar-refractivity contribution < 1.29 is 27.9 Å². The van der Waals surface area contributed by atoms with Crippen LogP contribution in [-0.2, 0) is 9.63 Å². The molecule has 0 aromatic carbocycles. The summed E-state index contributed by atoms with van der Waals surface area (Å²) in [5.74, 6) is -0.725. The zero-order valence-electron chi connectivity index (χ0n) is 16.4. The highest BCUT2D eigenvalue weighted by Crippen LogP contribution is 2.31. The Kier molecular flexibility index (Phi) is 7.72. The molecule has 1 aliphatic carbocycles. The summed E-state index contributed by atoms with van der Waals surface area (Å²) in [6.07, 6.45) is -5.07. The average molecular weight is 421 g/mol. The third-order valence-corrected chi connectivity index (χ3v) is 5.50. The van der Waals surface area contributed by atoms with Crippen molar-refractivity contribution in [3.63, 3.8) is 0 Å². The Morgan fingerprint density at radius 2 is 1.93 bits per heavy atom. The second-order valence-electron chi connectivity index (χ2n) is 8.16. The summed E-state index contributed by atoms with van der Waals surface area (Å²) in [4.78, 5) is 22.0. The SMILES string of the molecule is CC1CC(C(=O)NC(=NCC2CC(F)C(F)C(F)C2)NC2CCCC(O)N2)ON1. The van der Waals surface area contributed by atoms with Gasteiger partial charge in [0.05, 0.1) is 6.17 Å². The van der Waals surface area contributed by atoms with E-state index in [4.69, 9.17) is 4.84 Å². The van der Waals surface area contributed by atoms with Crippen LogP contribution in [0.3, 0.4) is 0 Å². The Morgan fingerprint density at radius 1 is 1.21 bits per heavy atom. The van der Waals surface area contributed by atoms with E-state index in [0.29, 0.717) is 19.3 Å². The van der Waals surface area contributed by atoms with E-state index in [9.17, 15) is 23.1 Å². The Morgan fingerprint density at radius 3 is 2.55 bits per heavy atom. The number of hydrogen-bond donors (Lipinski definition) is 5. The molecule has 8 nitrogen and oxygen atoms in total. The quantitative estimate of drug-likeness (QED) is 0.336. The predicted molar refractivity (Wildman–Crippen MR) is 99.9 cm³/mol. The van der Waals surface area contributed by atoms with Crippen LogP contribution in [0.4, 0.5) is 13.2 Å². The number of alkyl halides is 3. The lowest BCUT2D eigenvalue weighted by atomic mass is 9.85. The molecular weight excluding hydrogens is 391 g/mol. The van der Waals surface area contributed by atoms with Crippen LogP contribution in [0.15, 0.2) is 4.99 Å². The number of carbonyl (C=O) groups excluding carboxylic acids is 1. The second-order valence-corrected chi connectivity index (χ2v) is 8.16. The van der Waals surface area contributed by atoms with Gasteiger partial charge in [0.15, 0.2) is 18.2 Å². The van der Waals surface area contributed by atoms with Crippen molar-refractivity contribution in [2.75, 3.05) is 6.54 Å². The molecule has 166 valence electrons. The number of carbonyl (C=O) groups is 1. The molecule has 5 N–H and O–H groups in total. The smallest absolute Gasteiger partial charge is 0.257 e. The normalized spacial score (nSPS) is 41.2. The molecule has 1 amide bonds. The molecule has 3 aliphatic rings. The lowest BCUT2D eigenvalue weighted by Crippen LogP contribution is -2.56. The van der Waals surface area contributed by atoms with Crippen LogP contribution in [0.5, 0.6) is 0 Å². The largest absolute Gasteiger partial charge is 0.379 e. The molecule has 6 atom stereocenters. The zero-order valence-corrected chi connectivity index (χ0v) is 16.4. The number of aliphatic hydroxyl groups is 1. The number of nitrogens with zero attached hydrogens (tertiary/aromatic N) is 1. The molecule has 3 rings (SSSR count). The Bertz CT molecular complexity index is 587. The van der Waals surface area contributed by atoms with E-state index in [1.165, 1.54) is 0 Å². The monoisotopic (exact) mass is 421 g/mol. The number of hydrogen-bond acceptors (Lipinski definition) is 6. The van der Waals surface area contributed by atoms with Crippen molar-refractivity contribution >= 4 is 11.9 Å². The van der Waals surface area contributed by atoms with E-state index in [0.717, 1.165) is 6.42 Å². The minimum absolute atomic E-state index is 0.0353. The molecule has 0 bridgehead atoms. The van der Waals surface area contributed by atoms with E-state index in [2.05, 4.69) is 26.4 Å². The lowest BCUT2D eigenvalue weighted by molar-refractivity contribution is -0.131. The van der Waals surface area contributed by atoms with E-state index in [-0.39, 0.29) is 37.6 Å². The maximum atomic E-state index is 13.7. The highest BCUT2D eigenvalue weighted by atomic mass is 19.2. The van der Waals surface area contributed by atoms with Crippen LogP contribution in [0.1, 0.15) is 45.4 Å². The first-order chi connectivity index (χ1) is 13.8. The number of halogens is 3. The number of aliphatic hydroxyl groups excluding tert-OH is 1. The van der Waals surface area contributed by atoms with Crippen molar-refractivity contribution in [1.82, 2.24) is 21.4 Å². The fraction of sp³-hybridized carbons (Fsp3) is 0.889. The third kappa shape index (κ3) is 6.27. The summed E-state index contributed by atoms with van der Waals surface area (Å²) in [7, 11) is 0. The highest BCUT2D eigenvalue weighted by Gasteiger charge is 2.38.